The molecule has 3 heterocycles. The van der Waals surface area contributed by atoms with E-state index in [2.05, 4.69) is 0 Å². The smallest absolute Gasteiger partial charge is 0.433 e. The second-order valence-corrected chi connectivity index (χ2v) is 5.61. The van der Waals surface area contributed by atoms with E-state index in [1.807, 2.05) is 6.07 Å². The first-order chi connectivity index (χ1) is 12.5. The van der Waals surface area contributed by atoms with E-state index in [4.69, 9.17) is 19.0 Å². The Labute approximate surface area is 144 Å². The van der Waals surface area contributed by atoms with Crippen molar-refractivity contribution in [2.45, 2.75) is 5.92 Å². The predicted molar refractivity (Wildman–Crippen MR) is 87.1 cm³/mol. The molecule has 0 bridgehead atoms. The molecular weight excluding hydrogens is 342 g/mol. The minimum atomic E-state index is -1.18. The van der Waals surface area contributed by atoms with Crippen LogP contribution in [0.1, 0.15) is 17.2 Å². The molecule has 1 aliphatic rings. The average Bonchev–Trinajstić information content (AvgIpc) is 3.11. The normalized spacial score (nSPS) is 18.8. The van der Waals surface area contributed by atoms with Crippen molar-refractivity contribution in [1.82, 2.24) is 0 Å². The number of ether oxygens (including phenoxy) is 1. The molecule has 0 radical (unpaired) electrons. The molecule has 0 fully saturated rings. The molecule has 1 N–H and O–H groups in total. The van der Waals surface area contributed by atoms with Gasteiger partial charge in [0.1, 0.15) is 22.2 Å². The molecule has 1 aliphatic heterocycles. The molecule has 2 unspecified atom stereocenters. The van der Waals surface area contributed by atoms with Crippen LogP contribution >= 0.6 is 0 Å². The molecule has 3 aromatic rings. The Balaban J connectivity index is 2.03. The van der Waals surface area contributed by atoms with Crippen LogP contribution in [0.2, 0.25) is 0 Å². The number of para-hydroxylation sites is 1. The summed E-state index contributed by atoms with van der Waals surface area (Å²) in [4.78, 5) is 22.7. The Morgan fingerprint density at radius 2 is 1.96 bits per heavy atom. The molecule has 2 aromatic heterocycles. The number of nitrogens with zero attached hydrogens (tertiary/aromatic N) is 2. The fourth-order valence-electron chi connectivity index (χ4n) is 3.05. The molecule has 2 atom stereocenters. The van der Waals surface area contributed by atoms with Crippen LogP contribution in [-0.4, -0.2) is 10.8 Å². The van der Waals surface area contributed by atoms with E-state index in [1.165, 1.54) is 6.07 Å². The van der Waals surface area contributed by atoms with Gasteiger partial charge in [-0.05, 0) is 18.2 Å². The van der Waals surface area contributed by atoms with Crippen molar-refractivity contribution >= 4 is 22.8 Å². The third-order valence-electron chi connectivity index (χ3n) is 4.18. The van der Waals surface area contributed by atoms with Gasteiger partial charge in [-0.3, -0.25) is 15.5 Å². The Kier molecular flexibility index (Phi) is 3.33. The van der Waals surface area contributed by atoms with Crippen LogP contribution in [0.4, 0.5) is 5.88 Å². The zero-order chi connectivity index (χ0) is 18.4. The first-order valence-corrected chi connectivity index (χ1v) is 7.47. The summed E-state index contributed by atoms with van der Waals surface area (Å²) in [5.74, 6) is -3.03. The molecular formula is C17H9N3O6. The molecule has 0 amide bonds. The summed E-state index contributed by atoms with van der Waals surface area (Å²) in [5.41, 5.74) is -0.491. The Morgan fingerprint density at radius 1 is 1.19 bits per heavy atom. The number of nitrogens with one attached hydrogen (secondary N) is 1. The topological polar surface area (TPSA) is 143 Å². The van der Waals surface area contributed by atoms with Crippen molar-refractivity contribution in [3.05, 3.63) is 68.3 Å². The maximum atomic E-state index is 12.6. The van der Waals surface area contributed by atoms with Gasteiger partial charge in [0.2, 0.25) is 5.90 Å². The van der Waals surface area contributed by atoms with Crippen LogP contribution in [0.5, 0.6) is 5.75 Å². The van der Waals surface area contributed by atoms with Crippen LogP contribution in [0.25, 0.3) is 11.0 Å². The second-order valence-electron chi connectivity index (χ2n) is 5.61. The summed E-state index contributed by atoms with van der Waals surface area (Å²) in [6, 6.07) is 10.9. The monoisotopic (exact) mass is 351 g/mol. The van der Waals surface area contributed by atoms with E-state index in [0.717, 1.165) is 6.07 Å². The molecule has 9 nitrogen and oxygen atoms in total. The molecule has 0 aliphatic carbocycles. The number of hydrogen-bond acceptors (Lipinski definition) is 8. The van der Waals surface area contributed by atoms with E-state index < -0.39 is 28.3 Å². The summed E-state index contributed by atoms with van der Waals surface area (Å²) >= 11 is 0. The Hall–Kier alpha value is -3.93. The second kappa shape index (κ2) is 5.56. The maximum Gasteiger partial charge on any atom is 0.433 e. The first kappa shape index (κ1) is 15.6. The van der Waals surface area contributed by atoms with E-state index >= 15 is 0 Å². The molecule has 128 valence electrons. The van der Waals surface area contributed by atoms with Crippen molar-refractivity contribution in [3.63, 3.8) is 0 Å². The van der Waals surface area contributed by atoms with Crippen molar-refractivity contribution in [2.75, 3.05) is 0 Å². The minimum Gasteiger partial charge on any atom is -0.441 e. The van der Waals surface area contributed by atoms with Gasteiger partial charge in [-0.2, -0.15) is 5.26 Å². The molecule has 1 aromatic carbocycles. The van der Waals surface area contributed by atoms with Crippen molar-refractivity contribution in [1.29, 1.82) is 10.7 Å². The molecule has 0 saturated heterocycles. The summed E-state index contributed by atoms with van der Waals surface area (Å²) in [6.45, 7) is 0. The van der Waals surface area contributed by atoms with Crippen molar-refractivity contribution in [3.8, 4) is 11.8 Å². The molecule has 0 spiro atoms. The number of furan rings is 1. The number of hydrogen-bond donors (Lipinski definition) is 1. The van der Waals surface area contributed by atoms with Crippen molar-refractivity contribution < 1.29 is 18.5 Å². The SMILES string of the molecule is N#CC1C(=N)Oc2c(c(=O)oc3ccccc23)C1c1ccc([N+](=O)[O-])o1. The Bertz CT molecular complexity index is 1170. The van der Waals surface area contributed by atoms with E-state index in [-0.39, 0.29) is 28.6 Å². The highest BCUT2D eigenvalue weighted by molar-refractivity contribution is 5.92. The average molecular weight is 351 g/mol. The van der Waals surface area contributed by atoms with Gasteiger partial charge in [0.25, 0.3) is 0 Å². The predicted octanol–water partition coefficient (Wildman–Crippen LogP) is 2.94. The lowest BCUT2D eigenvalue weighted by Gasteiger charge is -2.27. The quantitative estimate of drug-likeness (QED) is 0.424. The lowest BCUT2D eigenvalue weighted by molar-refractivity contribution is -0.402. The number of benzene rings is 1. The molecule has 4 rings (SSSR count). The van der Waals surface area contributed by atoms with Gasteiger partial charge < -0.3 is 13.6 Å². The van der Waals surface area contributed by atoms with Gasteiger partial charge in [0.05, 0.1) is 29.0 Å². The maximum absolute atomic E-state index is 12.6. The number of nitro groups is 1. The lowest BCUT2D eigenvalue weighted by Crippen LogP contribution is -2.34. The van der Waals surface area contributed by atoms with Crippen LogP contribution in [0.15, 0.2) is 50.0 Å². The zero-order valence-electron chi connectivity index (χ0n) is 13.0. The van der Waals surface area contributed by atoms with Crippen LogP contribution in [-0.2, 0) is 0 Å². The van der Waals surface area contributed by atoms with Crippen LogP contribution < -0.4 is 10.4 Å². The number of rotatable bonds is 2. The summed E-state index contributed by atoms with van der Waals surface area (Å²) in [7, 11) is 0. The van der Waals surface area contributed by atoms with E-state index in [1.54, 1.807) is 24.3 Å². The zero-order valence-corrected chi connectivity index (χ0v) is 13.0. The number of nitriles is 1. The third kappa shape index (κ3) is 2.16. The minimum absolute atomic E-state index is 0.00417. The van der Waals surface area contributed by atoms with Crippen LogP contribution in [0, 0.1) is 32.8 Å². The summed E-state index contributed by atoms with van der Waals surface area (Å²) in [5, 5.41) is 28.9. The Morgan fingerprint density at radius 3 is 2.65 bits per heavy atom. The van der Waals surface area contributed by atoms with E-state index in [0.29, 0.717) is 5.39 Å². The first-order valence-electron chi connectivity index (χ1n) is 7.47. The molecule has 0 saturated carbocycles. The summed E-state index contributed by atoms with van der Waals surface area (Å²) in [6.07, 6.45) is 0. The fourth-order valence-corrected chi connectivity index (χ4v) is 3.05. The molecule has 9 heteroatoms. The lowest BCUT2D eigenvalue weighted by atomic mass is 9.82. The van der Waals surface area contributed by atoms with E-state index in [9.17, 15) is 20.2 Å². The van der Waals surface area contributed by atoms with Gasteiger partial charge in [-0.1, -0.05) is 12.1 Å². The standard InChI is InChI=1S/C17H9N3O6/c18-7-9-13(11-5-6-12(24-11)20(22)23)14-15(26-16(9)19)8-3-1-2-4-10(8)25-17(14)21/h1-6,9,13,19H. The largest absolute Gasteiger partial charge is 0.441 e. The van der Waals surface area contributed by atoms with Gasteiger partial charge in [0, 0.05) is 0 Å². The van der Waals surface area contributed by atoms with Crippen molar-refractivity contribution in [2.24, 2.45) is 5.92 Å². The third-order valence-corrected chi connectivity index (χ3v) is 4.18. The highest BCUT2D eigenvalue weighted by Gasteiger charge is 2.43. The van der Waals surface area contributed by atoms with Gasteiger partial charge in [0.15, 0.2) is 5.75 Å². The molecule has 26 heavy (non-hydrogen) atoms. The van der Waals surface area contributed by atoms with Crippen LogP contribution in [0.3, 0.4) is 0 Å². The fraction of sp³-hybridized carbons (Fsp3) is 0.118. The highest BCUT2D eigenvalue weighted by Crippen LogP contribution is 2.44. The highest BCUT2D eigenvalue weighted by atomic mass is 16.6. The number of fused-ring (bicyclic) bond motifs is 3. The summed E-state index contributed by atoms with van der Waals surface area (Å²) < 4.78 is 16.0. The van der Waals surface area contributed by atoms with Gasteiger partial charge >= 0.3 is 11.5 Å². The van der Waals surface area contributed by atoms with Gasteiger partial charge in [-0.25, -0.2) is 4.79 Å². The van der Waals surface area contributed by atoms with Gasteiger partial charge in [-0.15, -0.1) is 0 Å².